The summed E-state index contributed by atoms with van der Waals surface area (Å²) in [5.41, 5.74) is 2.26. The molecule has 31 heavy (non-hydrogen) atoms. The van der Waals surface area contributed by atoms with Crippen LogP contribution >= 0.6 is 11.8 Å². The third kappa shape index (κ3) is 5.73. The summed E-state index contributed by atoms with van der Waals surface area (Å²) < 4.78 is 13.0. The number of aromatic nitrogens is 2. The molecule has 1 amide bonds. The number of carbonyl (C=O) groups is 1. The van der Waals surface area contributed by atoms with Gasteiger partial charge >= 0.3 is 0 Å². The van der Waals surface area contributed by atoms with Gasteiger partial charge in [-0.15, -0.1) is 0 Å². The van der Waals surface area contributed by atoms with Crippen molar-refractivity contribution < 1.29 is 9.18 Å². The number of hydrogen-bond donors (Lipinski definition) is 1. The first-order valence-corrected chi connectivity index (χ1v) is 11.1. The van der Waals surface area contributed by atoms with Crippen LogP contribution in [0.3, 0.4) is 0 Å². The number of H-pyrrole nitrogens is 1. The Labute approximate surface area is 184 Å². The number of aromatic amines is 1. The summed E-state index contributed by atoms with van der Waals surface area (Å²) in [6, 6.07) is 17.7. The van der Waals surface area contributed by atoms with Gasteiger partial charge in [0.15, 0.2) is 5.16 Å². The van der Waals surface area contributed by atoms with E-state index in [1.807, 2.05) is 23.1 Å². The fraction of sp³-hybridized carbons (Fsp3) is 0.261. The highest BCUT2D eigenvalue weighted by atomic mass is 32.2. The lowest BCUT2D eigenvalue weighted by Crippen LogP contribution is -2.49. The fourth-order valence-corrected chi connectivity index (χ4v) is 4.34. The molecule has 1 N–H and O–H groups in total. The van der Waals surface area contributed by atoms with E-state index in [1.165, 1.54) is 30.0 Å². The van der Waals surface area contributed by atoms with Crippen molar-refractivity contribution in [3.63, 3.8) is 0 Å². The van der Waals surface area contributed by atoms with Crippen molar-refractivity contribution in [3.8, 4) is 0 Å². The monoisotopic (exact) mass is 438 g/mol. The van der Waals surface area contributed by atoms with E-state index in [0.717, 1.165) is 24.3 Å². The summed E-state index contributed by atoms with van der Waals surface area (Å²) in [6.45, 7) is 2.83. The van der Waals surface area contributed by atoms with Crippen LogP contribution in [0.1, 0.15) is 11.3 Å². The molecule has 4 rings (SSSR count). The molecule has 8 heteroatoms. The maximum Gasteiger partial charge on any atom is 0.251 e. The summed E-state index contributed by atoms with van der Waals surface area (Å²) in [5.74, 6) is 0.230. The van der Waals surface area contributed by atoms with E-state index in [0.29, 0.717) is 29.7 Å². The van der Waals surface area contributed by atoms with Gasteiger partial charge in [0.2, 0.25) is 5.91 Å². The largest absolute Gasteiger partial charge is 0.368 e. The predicted octanol–water partition coefficient (Wildman–Crippen LogP) is 3.09. The SMILES string of the molecule is O=C(Cc1cc(=O)[nH]c(SCc2ccc(F)cc2)n1)N1CCN(c2ccccc2)CC1. The number of halogens is 1. The van der Waals surface area contributed by atoms with Gasteiger partial charge in [0.05, 0.1) is 12.1 Å². The Bertz CT molecular complexity index is 1080. The molecule has 0 spiro atoms. The molecule has 0 aliphatic carbocycles. The van der Waals surface area contributed by atoms with Gasteiger partial charge in [0.25, 0.3) is 5.56 Å². The first kappa shape index (κ1) is 21.1. The third-order valence-electron chi connectivity index (χ3n) is 5.15. The van der Waals surface area contributed by atoms with Crippen molar-refractivity contribution in [1.29, 1.82) is 0 Å². The Kier molecular flexibility index (Phi) is 6.66. The van der Waals surface area contributed by atoms with Gasteiger partial charge in [-0.25, -0.2) is 9.37 Å². The Morgan fingerprint density at radius 1 is 1.03 bits per heavy atom. The molecule has 3 aromatic rings. The van der Waals surface area contributed by atoms with Gasteiger partial charge in [0, 0.05) is 43.7 Å². The normalized spacial score (nSPS) is 14.0. The zero-order valence-corrected chi connectivity index (χ0v) is 17.8. The standard InChI is InChI=1S/C23H23FN4O2S/c24-18-8-6-17(7-9-18)16-31-23-25-19(14-21(29)26-23)15-22(30)28-12-10-27(11-13-28)20-4-2-1-3-5-20/h1-9,14H,10-13,15-16H2,(H,25,26,29). The van der Waals surface area contributed by atoms with Crippen LogP contribution in [-0.2, 0) is 17.0 Å². The number of carbonyl (C=O) groups excluding carboxylic acids is 1. The molecule has 1 saturated heterocycles. The lowest BCUT2D eigenvalue weighted by atomic mass is 10.2. The minimum absolute atomic E-state index is 0.0275. The van der Waals surface area contributed by atoms with Crippen molar-refractivity contribution in [1.82, 2.24) is 14.9 Å². The second-order valence-electron chi connectivity index (χ2n) is 7.34. The third-order valence-corrected chi connectivity index (χ3v) is 6.09. The molecular weight excluding hydrogens is 415 g/mol. The van der Waals surface area contributed by atoms with Crippen molar-refractivity contribution in [2.45, 2.75) is 17.3 Å². The van der Waals surface area contributed by atoms with Crippen LogP contribution in [0.5, 0.6) is 0 Å². The van der Waals surface area contributed by atoms with Crippen LogP contribution in [0.4, 0.5) is 10.1 Å². The number of benzene rings is 2. The molecule has 160 valence electrons. The molecule has 1 aliphatic rings. The van der Waals surface area contributed by atoms with Gasteiger partial charge < -0.3 is 14.8 Å². The van der Waals surface area contributed by atoms with Gasteiger partial charge in [-0.2, -0.15) is 0 Å². The minimum atomic E-state index is -0.287. The number of nitrogens with zero attached hydrogens (tertiary/aromatic N) is 3. The van der Waals surface area contributed by atoms with E-state index in [9.17, 15) is 14.0 Å². The molecule has 2 heterocycles. The first-order chi connectivity index (χ1) is 15.1. The Morgan fingerprint density at radius 2 is 1.74 bits per heavy atom. The second kappa shape index (κ2) is 9.78. The van der Waals surface area contributed by atoms with Gasteiger partial charge in [-0.3, -0.25) is 9.59 Å². The highest BCUT2D eigenvalue weighted by molar-refractivity contribution is 7.98. The first-order valence-electron chi connectivity index (χ1n) is 10.1. The van der Waals surface area contributed by atoms with E-state index in [-0.39, 0.29) is 23.7 Å². The Balaban J connectivity index is 1.34. The quantitative estimate of drug-likeness (QED) is 0.473. The number of amides is 1. The van der Waals surface area contributed by atoms with E-state index in [4.69, 9.17) is 0 Å². The van der Waals surface area contributed by atoms with Crippen LogP contribution in [0, 0.1) is 5.82 Å². The summed E-state index contributed by atoms with van der Waals surface area (Å²) in [4.78, 5) is 36.0. The van der Waals surface area contributed by atoms with Gasteiger partial charge in [0.1, 0.15) is 5.82 Å². The molecule has 1 aromatic heterocycles. The summed E-state index contributed by atoms with van der Waals surface area (Å²) >= 11 is 1.35. The topological polar surface area (TPSA) is 69.3 Å². The average molecular weight is 439 g/mol. The van der Waals surface area contributed by atoms with Gasteiger partial charge in [-0.1, -0.05) is 42.1 Å². The fourth-order valence-electron chi connectivity index (χ4n) is 3.49. The van der Waals surface area contributed by atoms with E-state index in [1.54, 1.807) is 12.1 Å². The number of nitrogens with one attached hydrogen (secondary N) is 1. The number of hydrogen-bond acceptors (Lipinski definition) is 5. The van der Waals surface area contributed by atoms with Crippen LogP contribution < -0.4 is 10.5 Å². The minimum Gasteiger partial charge on any atom is -0.368 e. The summed E-state index contributed by atoms with van der Waals surface area (Å²) in [6.07, 6.45) is 0.0966. The van der Waals surface area contributed by atoms with Crippen LogP contribution in [0.15, 0.2) is 70.6 Å². The van der Waals surface area contributed by atoms with Crippen molar-refractivity contribution in [3.05, 3.63) is 88.1 Å². The Morgan fingerprint density at radius 3 is 2.45 bits per heavy atom. The van der Waals surface area contributed by atoms with Crippen LogP contribution in [-0.4, -0.2) is 47.0 Å². The molecule has 1 aliphatic heterocycles. The van der Waals surface area contributed by atoms with Gasteiger partial charge in [-0.05, 0) is 29.8 Å². The van der Waals surface area contributed by atoms with Crippen molar-refractivity contribution >= 4 is 23.4 Å². The highest BCUT2D eigenvalue weighted by Crippen LogP contribution is 2.19. The molecule has 1 fully saturated rings. The lowest BCUT2D eigenvalue weighted by Gasteiger charge is -2.36. The number of para-hydroxylation sites is 1. The number of rotatable bonds is 6. The summed E-state index contributed by atoms with van der Waals surface area (Å²) in [5, 5.41) is 0.452. The zero-order valence-electron chi connectivity index (χ0n) is 17.0. The number of anilines is 1. The molecule has 0 atom stereocenters. The van der Waals surface area contributed by atoms with Crippen molar-refractivity contribution in [2.24, 2.45) is 0 Å². The Hall–Kier alpha value is -3.13. The molecule has 0 bridgehead atoms. The van der Waals surface area contributed by atoms with E-state index < -0.39 is 0 Å². The second-order valence-corrected chi connectivity index (χ2v) is 8.30. The van der Waals surface area contributed by atoms with E-state index >= 15 is 0 Å². The number of piperazine rings is 1. The maximum absolute atomic E-state index is 13.0. The maximum atomic E-state index is 13.0. The molecule has 0 unspecified atom stereocenters. The predicted molar refractivity (Wildman–Crippen MR) is 120 cm³/mol. The molecular formula is C23H23FN4O2S. The molecule has 2 aromatic carbocycles. The van der Waals surface area contributed by atoms with Crippen LogP contribution in [0.25, 0.3) is 0 Å². The lowest BCUT2D eigenvalue weighted by molar-refractivity contribution is -0.130. The smallest absolute Gasteiger partial charge is 0.251 e. The summed E-state index contributed by atoms with van der Waals surface area (Å²) in [7, 11) is 0. The number of thioether (sulfide) groups is 1. The van der Waals surface area contributed by atoms with Crippen molar-refractivity contribution in [2.75, 3.05) is 31.1 Å². The van der Waals surface area contributed by atoms with Crippen LogP contribution in [0.2, 0.25) is 0 Å². The highest BCUT2D eigenvalue weighted by Gasteiger charge is 2.22. The molecule has 0 radical (unpaired) electrons. The zero-order chi connectivity index (χ0) is 21.6. The molecule has 6 nitrogen and oxygen atoms in total. The van der Waals surface area contributed by atoms with E-state index in [2.05, 4.69) is 27.0 Å². The molecule has 0 saturated carbocycles. The average Bonchev–Trinajstić information content (AvgIpc) is 2.79.